The zero-order valence-electron chi connectivity index (χ0n) is 12.2. The molecular weight excluding hydrogens is 320 g/mol. The van der Waals surface area contributed by atoms with Crippen molar-refractivity contribution in [3.8, 4) is 0 Å². The van der Waals surface area contributed by atoms with E-state index < -0.39 is 10.0 Å². The van der Waals surface area contributed by atoms with Gasteiger partial charge < -0.3 is 0 Å². The molecule has 116 valence electrons. The molecule has 0 aliphatic heterocycles. The molecule has 2 aromatic rings. The van der Waals surface area contributed by atoms with Crippen LogP contribution in [0, 0.1) is 6.92 Å². The van der Waals surface area contributed by atoms with Crippen LogP contribution >= 0.6 is 11.6 Å². The molecule has 3 rings (SSSR count). The molecule has 0 saturated heterocycles. The lowest BCUT2D eigenvalue weighted by Crippen LogP contribution is -2.33. The number of hydrogen-bond donors (Lipinski definition) is 0. The van der Waals surface area contributed by atoms with Gasteiger partial charge in [-0.05, 0) is 49.1 Å². The van der Waals surface area contributed by atoms with E-state index in [0.717, 1.165) is 18.4 Å². The molecule has 0 bridgehead atoms. The average molecular weight is 337 g/mol. The fourth-order valence-corrected chi connectivity index (χ4v) is 4.59. The summed E-state index contributed by atoms with van der Waals surface area (Å²) in [6.07, 6.45) is 5.19. The van der Waals surface area contributed by atoms with E-state index in [-0.39, 0.29) is 10.9 Å². The average Bonchev–Trinajstić information content (AvgIpc) is 3.33. The Morgan fingerprint density at radius 1 is 1.27 bits per heavy atom. The number of hydrogen-bond acceptors (Lipinski definition) is 3. The maximum Gasteiger partial charge on any atom is 0.243 e. The van der Waals surface area contributed by atoms with Crippen molar-refractivity contribution in [3.63, 3.8) is 0 Å². The van der Waals surface area contributed by atoms with Gasteiger partial charge in [0.05, 0.1) is 4.90 Å². The fraction of sp³-hybridized carbons (Fsp3) is 0.312. The first-order chi connectivity index (χ1) is 10.5. The summed E-state index contributed by atoms with van der Waals surface area (Å²) in [6.45, 7) is 2.08. The van der Waals surface area contributed by atoms with E-state index in [1.54, 1.807) is 41.8 Å². The second-order valence-corrected chi connectivity index (χ2v) is 7.77. The third-order valence-electron chi connectivity index (χ3n) is 3.82. The summed E-state index contributed by atoms with van der Waals surface area (Å²) in [5.74, 6) is 0. The van der Waals surface area contributed by atoms with Crippen molar-refractivity contribution in [3.05, 3.63) is 58.9 Å². The van der Waals surface area contributed by atoms with Gasteiger partial charge in [0.2, 0.25) is 10.0 Å². The number of nitrogens with zero attached hydrogens (tertiary/aromatic N) is 2. The molecule has 4 nitrogen and oxygen atoms in total. The highest BCUT2D eigenvalue weighted by Gasteiger charge is 2.38. The molecule has 1 heterocycles. The SMILES string of the molecule is Cc1c(Cl)cccc1S(=O)(=O)N(Cc1cccnc1)C1CC1. The Balaban J connectivity index is 1.98. The lowest BCUT2D eigenvalue weighted by Gasteiger charge is -2.23. The highest BCUT2D eigenvalue weighted by molar-refractivity contribution is 7.89. The number of benzene rings is 1. The monoisotopic (exact) mass is 336 g/mol. The van der Waals surface area contributed by atoms with E-state index >= 15 is 0 Å². The molecule has 0 spiro atoms. The van der Waals surface area contributed by atoms with Gasteiger partial charge in [0, 0.05) is 30.0 Å². The molecule has 0 amide bonds. The molecule has 0 N–H and O–H groups in total. The summed E-state index contributed by atoms with van der Waals surface area (Å²) < 4.78 is 27.6. The largest absolute Gasteiger partial charge is 0.264 e. The van der Waals surface area contributed by atoms with E-state index in [9.17, 15) is 8.42 Å². The highest BCUT2D eigenvalue weighted by Crippen LogP contribution is 2.35. The smallest absolute Gasteiger partial charge is 0.243 e. The standard InChI is InChI=1S/C16H17ClN2O2S/c1-12-15(17)5-2-6-16(12)22(20,21)19(14-7-8-14)11-13-4-3-9-18-10-13/h2-6,9-10,14H,7-8,11H2,1H3. The van der Waals surface area contributed by atoms with Crippen LogP contribution in [0.1, 0.15) is 24.0 Å². The third kappa shape index (κ3) is 3.02. The van der Waals surface area contributed by atoms with Crippen LogP contribution in [-0.4, -0.2) is 23.7 Å². The normalized spacial score (nSPS) is 15.2. The third-order valence-corrected chi connectivity index (χ3v) is 6.27. The number of sulfonamides is 1. The van der Waals surface area contributed by atoms with Gasteiger partial charge in [-0.15, -0.1) is 0 Å². The van der Waals surface area contributed by atoms with E-state index in [4.69, 9.17) is 11.6 Å². The molecule has 6 heteroatoms. The molecule has 0 radical (unpaired) electrons. The zero-order chi connectivity index (χ0) is 15.7. The van der Waals surface area contributed by atoms with Crippen LogP contribution in [0.3, 0.4) is 0 Å². The van der Waals surface area contributed by atoms with Crippen molar-refractivity contribution in [1.29, 1.82) is 0 Å². The van der Waals surface area contributed by atoms with E-state index in [0.29, 0.717) is 17.1 Å². The molecular formula is C16H17ClN2O2S. The predicted molar refractivity (Wildman–Crippen MR) is 86.2 cm³/mol. The molecule has 1 saturated carbocycles. The van der Waals surface area contributed by atoms with Crippen LogP contribution in [0.4, 0.5) is 0 Å². The summed E-state index contributed by atoms with van der Waals surface area (Å²) in [5.41, 5.74) is 1.48. The maximum atomic E-state index is 13.0. The summed E-state index contributed by atoms with van der Waals surface area (Å²) in [7, 11) is -3.57. The van der Waals surface area contributed by atoms with Crippen LogP contribution in [0.15, 0.2) is 47.6 Å². The number of rotatable bonds is 5. The summed E-state index contributed by atoms with van der Waals surface area (Å²) in [4.78, 5) is 4.35. The van der Waals surface area contributed by atoms with Gasteiger partial charge >= 0.3 is 0 Å². The van der Waals surface area contributed by atoms with Crippen molar-refractivity contribution >= 4 is 21.6 Å². The van der Waals surface area contributed by atoms with Gasteiger partial charge in [-0.3, -0.25) is 4.98 Å². The number of pyridine rings is 1. The van der Waals surface area contributed by atoms with Gasteiger partial charge in [0.15, 0.2) is 0 Å². The predicted octanol–water partition coefficient (Wildman–Crippen LogP) is 3.40. The quantitative estimate of drug-likeness (QED) is 0.840. The minimum Gasteiger partial charge on any atom is -0.264 e. The Bertz CT molecular complexity index is 774. The summed E-state index contributed by atoms with van der Waals surface area (Å²) >= 11 is 6.09. The lowest BCUT2D eigenvalue weighted by atomic mass is 10.2. The van der Waals surface area contributed by atoms with Crippen LogP contribution in [0.25, 0.3) is 0 Å². The van der Waals surface area contributed by atoms with Gasteiger partial charge in [-0.1, -0.05) is 23.7 Å². The summed E-state index contributed by atoms with van der Waals surface area (Å²) in [6, 6.07) is 8.79. The van der Waals surface area contributed by atoms with Gasteiger partial charge in [-0.2, -0.15) is 4.31 Å². The maximum absolute atomic E-state index is 13.0. The van der Waals surface area contributed by atoms with Crippen molar-refractivity contribution in [2.75, 3.05) is 0 Å². The first-order valence-corrected chi connectivity index (χ1v) is 8.98. The topological polar surface area (TPSA) is 50.3 Å². The second kappa shape index (κ2) is 5.99. The highest BCUT2D eigenvalue weighted by atomic mass is 35.5. The first-order valence-electron chi connectivity index (χ1n) is 7.16. The number of aromatic nitrogens is 1. The molecule has 1 aromatic carbocycles. The lowest BCUT2D eigenvalue weighted by molar-refractivity contribution is 0.398. The van der Waals surface area contributed by atoms with Crippen LogP contribution in [-0.2, 0) is 16.6 Å². The molecule has 1 aromatic heterocycles. The van der Waals surface area contributed by atoms with Crippen molar-refractivity contribution in [2.45, 2.75) is 37.2 Å². The van der Waals surface area contributed by atoms with Crippen LogP contribution in [0.2, 0.25) is 5.02 Å². The Morgan fingerprint density at radius 3 is 2.68 bits per heavy atom. The molecule has 0 atom stereocenters. The first kappa shape index (κ1) is 15.5. The van der Waals surface area contributed by atoms with Gasteiger partial charge in [-0.25, -0.2) is 8.42 Å². The molecule has 22 heavy (non-hydrogen) atoms. The van der Waals surface area contributed by atoms with Gasteiger partial charge in [0.25, 0.3) is 0 Å². The molecule has 1 fully saturated rings. The Kier molecular flexibility index (Phi) is 4.21. The molecule has 1 aliphatic rings. The minimum absolute atomic E-state index is 0.0728. The summed E-state index contributed by atoms with van der Waals surface area (Å²) in [5, 5.41) is 0.471. The van der Waals surface area contributed by atoms with Gasteiger partial charge in [0.1, 0.15) is 0 Å². The van der Waals surface area contributed by atoms with E-state index in [1.165, 1.54) is 0 Å². The Morgan fingerprint density at radius 2 is 2.05 bits per heavy atom. The van der Waals surface area contributed by atoms with E-state index in [2.05, 4.69) is 4.98 Å². The second-order valence-electron chi connectivity index (χ2n) is 5.51. The van der Waals surface area contributed by atoms with E-state index in [1.807, 2.05) is 12.1 Å². The van der Waals surface area contributed by atoms with Crippen LogP contribution in [0.5, 0.6) is 0 Å². The molecule has 0 unspecified atom stereocenters. The minimum atomic E-state index is -3.57. The van der Waals surface area contributed by atoms with Crippen molar-refractivity contribution in [1.82, 2.24) is 9.29 Å². The van der Waals surface area contributed by atoms with Crippen LogP contribution < -0.4 is 0 Å². The van der Waals surface area contributed by atoms with Crippen molar-refractivity contribution in [2.24, 2.45) is 0 Å². The van der Waals surface area contributed by atoms with Crippen molar-refractivity contribution < 1.29 is 8.42 Å². The fourth-order valence-electron chi connectivity index (χ4n) is 2.44. The number of halogens is 1. The molecule has 1 aliphatic carbocycles. The Hall–Kier alpha value is -1.43. The Labute approximate surface area is 135 Å². The zero-order valence-corrected chi connectivity index (χ0v) is 13.8.